The summed E-state index contributed by atoms with van der Waals surface area (Å²) in [6, 6.07) is 7.63. The summed E-state index contributed by atoms with van der Waals surface area (Å²) in [5.41, 5.74) is 1.84. The van der Waals surface area contributed by atoms with Crippen LogP contribution >= 0.6 is 0 Å². The molecule has 112 valence electrons. The fourth-order valence-corrected chi connectivity index (χ4v) is 2.00. The first-order valence-electron chi connectivity index (χ1n) is 6.64. The predicted octanol–water partition coefficient (Wildman–Crippen LogP) is 2.64. The molecule has 0 spiro atoms. The van der Waals surface area contributed by atoms with Gasteiger partial charge in [0.25, 0.3) is 5.09 Å². The number of nitrogens with one attached hydrogen (secondary N) is 1. The Balaban J connectivity index is 1.91. The number of pyridine rings is 1. The molecule has 1 N–H and O–H groups in total. The first-order valence-corrected chi connectivity index (χ1v) is 6.64. The highest BCUT2D eigenvalue weighted by atomic mass is 16.9. The van der Waals surface area contributed by atoms with Gasteiger partial charge in [0, 0.05) is 29.9 Å². The van der Waals surface area contributed by atoms with E-state index < -0.39 is 5.09 Å². The fourth-order valence-electron chi connectivity index (χ4n) is 2.00. The summed E-state index contributed by atoms with van der Waals surface area (Å²) in [5.74, 6) is 0.768. The average Bonchev–Trinajstić information content (AvgIpc) is 2.49. The van der Waals surface area contributed by atoms with E-state index in [0.29, 0.717) is 13.0 Å². The van der Waals surface area contributed by atoms with E-state index >= 15 is 0 Å². The van der Waals surface area contributed by atoms with Crippen molar-refractivity contribution in [1.82, 2.24) is 4.98 Å². The molecule has 7 nitrogen and oxygen atoms in total. The molecule has 0 bridgehead atoms. The zero-order chi connectivity index (χ0) is 15.1. The monoisotopic (exact) mass is 291 g/mol. The maximum absolute atomic E-state index is 10.0. The van der Waals surface area contributed by atoms with Crippen molar-refractivity contribution in [1.29, 1.82) is 0 Å². The van der Waals surface area contributed by atoms with Gasteiger partial charge in [-0.2, -0.15) is 0 Å². The van der Waals surface area contributed by atoms with Crippen molar-refractivity contribution >= 4 is 16.6 Å². The molecular formula is C14H17N3O4. The van der Waals surface area contributed by atoms with Gasteiger partial charge in [-0.05, 0) is 31.0 Å². The van der Waals surface area contributed by atoms with Crippen LogP contribution in [0.2, 0.25) is 0 Å². The molecule has 0 aliphatic rings. The lowest BCUT2D eigenvalue weighted by Crippen LogP contribution is -2.06. The molecule has 1 aromatic heterocycles. The summed E-state index contributed by atoms with van der Waals surface area (Å²) in [7, 11) is 1.62. The molecule has 0 saturated heterocycles. The van der Waals surface area contributed by atoms with Crippen molar-refractivity contribution < 1.29 is 14.7 Å². The SMILES string of the molecule is COc1ccc2c(NCCCCO[N+](=O)[O-])ccnc2c1. The highest BCUT2D eigenvalue weighted by Crippen LogP contribution is 2.25. The molecule has 0 radical (unpaired) electrons. The first-order chi connectivity index (χ1) is 10.2. The molecule has 7 heteroatoms. The number of methoxy groups -OCH3 is 1. The number of rotatable bonds is 8. The molecule has 21 heavy (non-hydrogen) atoms. The van der Waals surface area contributed by atoms with Crippen molar-refractivity contribution in [2.24, 2.45) is 0 Å². The molecule has 1 heterocycles. The smallest absolute Gasteiger partial charge is 0.294 e. The van der Waals surface area contributed by atoms with Crippen LogP contribution in [-0.4, -0.2) is 30.3 Å². The number of unbranched alkanes of at least 4 members (excludes halogenated alkanes) is 1. The van der Waals surface area contributed by atoms with Crippen LogP contribution < -0.4 is 10.1 Å². The lowest BCUT2D eigenvalue weighted by atomic mass is 10.1. The Morgan fingerprint density at radius 3 is 2.95 bits per heavy atom. The fraction of sp³-hybridized carbons (Fsp3) is 0.357. The maximum atomic E-state index is 10.0. The van der Waals surface area contributed by atoms with Crippen molar-refractivity contribution in [3.05, 3.63) is 40.6 Å². The van der Waals surface area contributed by atoms with E-state index in [-0.39, 0.29) is 6.61 Å². The number of ether oxygens (including phenoxy) is 1. The Labute approximate surface area is 122 Å². The minimum absolute atomic E-state index is 0.128. The third kappa shape index (κ3) is 4.20. The van der Waals surface area contributed by atoms with Gasteiger partial charge in [0.15, 0.2) is 0 Å². The van der Waals surface area contributed by atoms with Gasteiger partial charge >= 0.3 is 0 Å². The highest BCUT2D eigenvalue weighted by molar-refractivity contribution is 5.91. The summed E-state index contributed by atoms with van der Waals surface area (Å²) in [4.78, 5) is 18.6. The quantitative estimate of drug-likeness (QED) is 0.457. The van der Waals surface area contributed by atoms with Gasteiger partial charge < -0.3 is 14.9 Å². The summed E-state index contributed by atoms with van der Waals surface area (Å²) < 4.78 is 5.18. The van der Waals surface area contributed by atoms with Crippen LogP contribution in [0.25, 0.3) is 10.9 Å². The molecule has 1 aromatic carbocycles. The van der Waals surface area contributed by atoms with Gasteiger partial charge in [-0.15, -0.1) is 10.1 Å². The van der Waals surface area contributed by atoms with Gasteiger partial charge in [0.2, 0.25) is 0 Å². The largest absolute Gasteiger partial charge is 0.497 e. The van der Waals surface area contributed by atoms with Crippen LogP contribution in [0.1, 0.15) is 12.8 Å². The average molecular weight is 291 g/mol. The third-order valence-corrected chi connectivity index (χ3v) is 3.03. The number of anilines is 1. The van der Waals surface area contributed by atoms with Crippen LogP contribution in [0.4, 0.5) is 5.69 Å². The minimum Gasteiger partial charge on any atom is -0.497 e. The van der Waals surface area contributed by atoms with E-state index in [4.69, 9.17) is 4.74 Å². The van der Waals surface area contributed by atoms with Crippen LogP contribution in [0.3, 0.4) is 0 Å². The number of benzene rings is 1. The molecular weight excluding hydrogens is 274 g/mol. The summed E-state index contributed by atoms with van der Waals surface area (Å²) in [6.45, 7) is 0.842. The van der Waals surface area contributed by atoms with Crippen LogP contribution in [0, 0.1) is 10.1 Å². The number of fused-ring (bicyclic) bond motifs is 1. The van der Waals surface area contributed by atoms with E-state index in [0.717, 1.165) is 28.8 Å². The standard InChI is InChI=1S/C14H17N3O4/c1-20-11-4-5-12-13(6-8-16-14(12)10-11)15-7-2-3-9-21-17(18)19/h4-6,8,10H,2-3,7,9H2,1H3,(H,15,16). The molecule has 0 fully saturated rings. The molecule has 0 saturated carbocycles. The van der Waals surface area contributed by atoms with Crippen LogP contribution in [0.15, 0.2) is 30.5 Å². The molecule has 0 unspecified atom stereocenters. The van der Waals surface area contributed by atoms with Crippen LogP contribution in [0.5, 0.6) is 5.75 Å². The minimum atomic E-state index is -0.767. The Kier molecular flexibility index (Phi) is 5.14. The summed E-state index contributed by atoms with van der Waals surface area (Å²) in [5, 5.41) is 13.6. The Morgan fingerprint density at radius 2 is 2.19 bits per heavy atom. The normalized spacial score (nSPS) is 10.3. The second-order valence-electron chi connectivity index (χ2n) is 4.43. The van der Waals surface area contributed by atoms with Gasteiger partial charge in [0.05, 0.1) is 19.2 Å². The number of aromatic nitrogens is 1. The van der Waals surface area contributed by atoms with Gasteiger partial charge in [0.1, 0.15) is 5.75 Å². The third-order valence-electron chi connectivity index (χ3n) is 3.03. The zero-order valence-corrected chi connectivity index (χ0v) is 11.7. The van der Waals surface area contributed by atoms with E-state index in [9.17, 15) is 10.1 Å². The lowest BCUT2D eigenvalue weighted by Gasteiger charge is -2.10. The Morgan fingerprint density at radius 1 is 1.33 bits per heavy atom. The second kappa shape index (κ2) is 7.28. The Hall–Kier alpha value is -2.57. The van der Waals surface area contributed by atoms with Crippen molar-refractivity contribution in [3.8, 4) is 5.75 Å². The van der Waals surface area contributed by atoms with E-state index in [1.54, 1.807) is 13.3 Å². The predicted molar refractivity (Wildman–Crippen MR) is 79.0 cm³/mol. The molecule has 2 rings (SSSR count). The van der Waals surface area contributed by atoms with Crippen molar-refractivity contribution in [2.45, 2.75) is 12.8 Å². The molecule has 0 amide bonds. The molecule has 2 aromatic rings. The van der Waals surface area contributed by atoms with E-state index in [1.165, 1.54) is 0 Å². The summed E-state index contributed by atoms with van der Waals surface area (Å²) >= 11 is 0. The van der Waals surface area contributed by atoms with Crippen molar-refractivity contribution in [2.75, 3.05) is 25.6 Å². The number of hydrogen-bond acceptors (Lipinski definition) is 6. The van der Waals surface area contributed by atoms with Gasteiger partial charge in [-0.1, -0.05) is 0 Å². The van der Waals surface area contributed by atoms with E-state index in [2.05, 4.69) is 15.1 Å². The van der Waals surface area contributed by atoms with Gasteiger partial charge in [-0.25, -0.2) is 0 Å². The zero-order valence-electron chi connectivity index (χ0n) is 11.7. The lowest BCUT2D eigenvalue weighted by molar-refractivity contribution is -0.757. The maximum Gasteiger partial charge on any atom is 0.294 e. The molecule has 0 aliphatic heterocycles. The Bertz CT molecular complexity index is 618. The molecule has 0 atom stereocenters. The highest BCUT2D eigenvalue weighted by Gasteiger charge is 2.03. The summed E-state index contributed by atoms with van der Waals surface area (Å²) in [6.07, 6.45) is 3.15. The van der Waals surface area contributed by atoms with Gasteiger partial charge in [-0.3, -0.25) is 4.98 Å². The van der Waals surface area contributed by atoms with Crippen LogP contribution in [-0.2, 0) is 4.84 Å². The van der Waals surface area contributed by atoms with Crippen molar-refractivity contribution in [3.63, 3.8) is 0 Å². The van der Waals surface area contributed by atoms with E-state index in [1.807, 2.05) is 24.3 Å². The first kappa shape index (κ1) is 14.8. The number of hydrogen-bond donors (Lipinski definition) is 1. The topological polar surface area (TPSA) is 86.5 Å². The molecule has 0 aliphatic carbocycles. The second-order valence-corrected chi connectivity index (χ2v) is 4.43. The number of nitrogens with zero attached hydrogens (tertiary/aromatic N) is 2.